The summed E-state index contributed by atoms with van der Waals surface area (Å²) in [6.45, 7) is 4.75. The van der Waals surface area contributed by atoms with E-state index in [1.807, 2.05) is 12.1 Å². The second-order valence-corrected chi connectivity index (χ2v) is 7.38. The van der Waals surface area contributed by atoms with Gasteiger partial charge in [0.2, 0.25) is 0 Å². The number of hydrogen-bond acceptors (Lipinski definition) is 3. The number of carbonyl (C=O) groups is 1. The van der Waals surface area contributed by atoms with Gasteiger partial charge < -0.3 is 15.0 Å². The molecular formula is C22H25N3O2. The van der Waals surface area contributed by atoms with Crippen molar-refractivity contribution in [1.82, 2.24) is 14.9 Å². The van der Waals surface area contributed by atoms with Gasteiger partial charge in [-0.15, -0.1) is 0 Å². The van der Waals surface area contributed by atoms with Crippen molar-refractivity contribution >= 4 is 16.9 Å². The average molecular weight is 363 g/mol. The predicted octanol–water partition coefficient (Wildman–Crippen LogP) is 3.29. The molecule has 1 aliphatic heterocycles. The molecule has 1 aromatic carbocycles. The van der Waals surface area contributed by atoms with E-state index in [0.29, 0.717) is 6.54 Å². The summed E-state index contributed by atoms with van der Waals surface area (Å²) in [7, 11) is 0. The van der Waals surface area contributed by atoms with Crippen LogP contribution in [0.1, 0.15) is 34.7 Å². The van der Waals surface area contributed by atoms with Crippen molar-refractivity contribution in [2.75, 3.05) is 13.1 Å². The fraction of sp³-hybridized carbons (Fsp3) is 0.364. The summed E-state index contributed by atoms with van der Waals surface area (Å²) in [4.78, 5) is 15.6. The first-order valence-electron chi connectivity index (χ1n) is 9.56. The normalized spacial score (nSPS) is 15.3. The summed E-state index contributed by atoms with van der Waals surface area (Å²) < 4.78 is 2.37. The topological polar surface area (TPSA) is 67.2 Å². The van der Waals surface area contributed by atoms with Gasteiger partial charge in [-0.3, -0.25) is 9.78 Å². The van der Waals surface area contributed by atoms with E-state index < -0.39 is 5.97 Å². The molecule has 2 N–H and O–H groups in total. The number of nitrogens with zero attached hydrogens (tertiary/aromatic N) is 2. The zero-order valence-electron chi connectivity index (χ0n) is 15.6. The lowest BCUT2D eigenvalue weighted by atomic mass is 9.96. The Morgan fingerprint density at radius 1 is 1.22 bits per heavy atom. The van der Waals surface area contributed by atoms with Gasteiger partial charge in [-0.2, -0.15) is 0 Å². The molecule has 1 atom stereocenters. The maximum Gasteiger partial charge on any atom is 0.304 e. The Morgan fingerprint density at radius 3 is 2.78 bits per heavy atom. The van der Waals surface area contributed by atoms with Crippen LogP contribution in [0.3, 0.4) is 0 Å². The van der Waals surface area contributed by atoms with Gasteiger partial charge in [0.25, 0.3) is 0 Å². The minimum Gasteiger partial charge on any atom is -0.481 e. The van der Waals surface area contributed by atoms with E-state index in [4.69, 9.17) is 0 Å². The van der Waals surface area contributed by atoms with E-state index in [1.165, 1.54) is 27.7 Å². The summed E-state index contributed by atoms with van der Waals surface area (Å²) in [5, 5.41) is 14.3. The van der Waals surface area contributed by atoms with Crippen LogP contribution in [0.2, 0.25) is 0 Å². The second kappa shape index (κ2) is 7.53. The van der Waals surface area contributed by atoms with Crippen molar-refractivity contribution in [3.63, 3.8) is 0 Å². The Balaban J connectivity index is 1.82. The highest BCUT2D eigenvalue weighted by Crippen LogP contribution is 2.32. The zero-order valence-corrected chi connectivity index (χ0v) is 15.6. The van der Waals surface area contributed by atoms with Crippen LogP contribution >= 0.6 is 0 Å². The lowest BCUT2D eigenvalue weighted by Gasteiger charge is -2.19. The molecule has 5 heteroatoms. The third-order valence-electron chi connectivity index (χ3n) is 5.53. The molecular weight excluding hydrogens is 338 g/mol. The summed E-state index contributed by atoms with van der Waals surface area (Å²) >= 11 is 0. The van der Waals surface area contributed by atoms with Crippen molar-refractivity contribution in [1.29, 1.82) is 0 Å². The molecule has 3 heterocycles. The van der Waals surface area contributed by atoms with Gasteiger partial charge in [0.15, 0.2) is 0 Å². The van der Waals surface area contributed by atoms with Gasteiger partial charge in [0, 0.05) is 54.4 Å². The monoisotopic (exact) mass is 363 g/mol. The van der Waals surface area contributed by atoms with Crippen molar-refractivity contribution in [3.8, 4) is 0 Å². The van der Waals surface area contributed by atoms with Crippen molar-refractivity contribution in [2.45, 2.75) is 38.6 Å². The highest BCUT2D eigenvalue weighted by Gasteiger charge is 2.23. The molecule has 2 aromatic heterocycles. The van der Waals surface area contributed by atoms with Gasteiger partial charge in [-0.05, 0) is 55.3 Å². The third kappa shape index (κ3) is 3.60. The zero-order chi connectivity index (χ0) is 18.8. The Hall–Kier alpha value is -2.66. The van der Waals surface area contributed by atoms with E-state index >= 15 is 0 Å². The number of carboxylic acids is 1. The molecule has 0 aliphatic carbocycles. The van der Waals surface area contributed by atoms with Gasteiger partial charge in [-0.25, -0.2) is 0 Å². The molecule has 0 fully saturated rings. The molecule has 4 rings (SSSR count). The SMILES string of the molecule is Cc1ccc2c(c1)c1c(n2CC(CC(=O)O)c2ccncc2)CCNCC1. The van der Waals surface area contributed by atoms with E-state index in [-0.39, 0.29) is 12.3 Å². The Morgan fingerprint density at radius 2 is 2.00 bits per heavy atom. The van der Waals surface area contributed by atoms with Crippen LogP contribution in [0.4, 0.5) is 0 Å². The molecule has 5 nitrogen and oxygen atoms in total. The summed E-state index contributed by atoms with van der Waals surface area (Å²) in [6, 6.07) is 10.5. The summed E-state index contributed by atoms with van der Waals surface area (Å²) in [5.41, 5.74) is 6.28. The van der Waals surface area contributed by atoms with Crippen LogP contribution in [-0.2, 0) is 24.2 Å². The number of pyridine rings is 1. The van der Waals surface area contributed by atoms with Crippen LogP contribution in [0.5, 0.6) is 0 Å². The first kappa shape index (κ1) is 17.7. The lowest BCUT2D eigenvalue weighted by Crippen LogP contribution is -2.18. The number of rotatable bonds is 5. The Bertz CT molecular complexity index is 963. The number of aromatic nitrogens is 2. The van der Waals surface area contributed by atoms with Gasteiger partial charge in [0.1, 0.15) is 0 Å². The van der Waals surface area contributed by atoms with E-state index in [2.05, 4.69) is 40.0 Å². The highest BCUT2D eigenvalue weighted by molar-refractivity contribution is 5.86. The van der Waals surface area contributed by atoms with Gasteiger partial charge in [-0.1, -0.05) is 11.6 Å². The molecule has 0 bridgehead atoms. The molecule has 0 saturated carbocycles. The minimum atomic E-state index is -0.767. The van der Waals surface area contributed by atoms with Crippen molar-refractivity contribution in [3.05, 3.63) is 65.1 Å². The molecule has 0 radical (unpaired) electrons. The standard InChI is InChI=1S/C22H25N3O2/c1-15-2-3-20-19(12-15)18-6-10-24-11-7-21(18)25(20)14-17(13-22(26)27)16-4-8-23-9-5-16/h2-5,8-9,12,17,24H,6-7,10-11,13-14H2,1H3,(H,26,27). The quantitative estimate of drug-likeness (QED) is 0.730. The first-order chi connectivity index (χ1) is 13.1. The number of nitrogens with one attached hydrogen (secondary N) is 1. The molecule has 0 spiro atoms. The second-order valence-electron chi connectivity index (χ2n) is 7.38. The average Bonchev–Trinajstić information content (AvgIpc) is 2.81. The molecule has 27 heavy (non-hydrogen) atoms. The van der Waals surface area contributed by atoms with Crippen molar-refractivity contribution in [2.24, 2.45) is 0 Å². The van der Waals surface area contributed by atoms with Crippen LogP contribution in [0.15, 0.2) is 42.7 Å². The van der Waals surface area contributed by atoms with E-state index in [9.17, 15) is 9.90 Å². The Labute approximate surface area is 159 Å². The number of aryl methyl sites for hydroxylation is 1. The largest absolute Gasteiger partial charge is 0.481 e. The van der Waals surface area contributed by atoms with Crippen LogP contribution in [-0.4, -0.2) is 33.7 Å². The maximum atomic E-state index is 11.5. The van der Waals surface area contributed by atoms with Crippen LogP contribution in [0, 0.1) is 6.92 Å². The number of fused-ring (bicyclic) bond motifs is 3. The smallest absolute Gasteiger partial charge is 0.304 e. The number of carboxylic acid groups (broad SMARTS) is 1. The third-order valence-corrected chi connectivity index (χ3v) is 5.53. The molecule has 1 unspecified atom stereocenters. The molecule has 0 saturated heterocycles. The molecule has 3 aromatic rings. The lowest BCUT2D eigenvalue weighted by molar-refractivity contribution is -0.137. The van der Waals surface area contributed by atoms with E-state index in [0.717, 1.165) is 31.5 Å². The van der Waals surface area contributed by atoms with E-state index in [1.54, 1.807) is 12.4 Å². The number of aliphatic carboxylic acids is 1. The number of benzene rings is 1. The van der Waals surface area contributed by atoms with Crippen LogP contribution < -0.4 is 5.32 Å². The molecule has 140 valence electrons. The number of hydrogen-bond donors (Lipinski definition) is 2. The minimum absolute atomic E-state index is 0.0808. The van der Waals surface area contributed by atoms with Crippen LogP contribution in [0.25, 0.3) is 10.9 Å². The summed E-state index contributed by atoms with van der Waals surface area (Å²) in [5.74, 6) is -0.848. The highest BCUT2D eigenvalue weighted by atomic mass is 16.4. The fourth-order valence-corrected chi connectivity index (χ4v) is 4.26. The summed E-state index contributed by atoms with van der Waals surface area (Å²) in [6.07, 6.45) is 5.58. The molecule has 0 amide bonds. The van der Waals surface area contributed by atoms with Crippen molar-refractivity contribution < 1.29 is 9.90 Å². The maximum absolute atomic E-state index is 11.5. The predicted molar refractivity (Wildman–Crippen MR) is 106 cm³/mol. The fourth-order valence-electron chi connectivity index (χ4n) is 4.26. The van der Waals surface area contributed by atoms with Gasteiger partial charge in [0.05, 0.1) is 6.42 Å². The van der Waals surface area contributed by atoms with Gasteiger partial charge >= 0.3 is 5.97 Å². The first-order valence-corrected chi connectivity index (χ1v) is 9.56. The Kier molecular flexibility index (Phi) is 4.94. The molecule has 1 aliphatic rings.